The summed E-state index contributed by atoms with van der Waals surface area (Å²) in [5.74, 6) is 0. The molecule has 134 valence electrons. The van der Waals surface area contributed by atoms with Crippen molar-refractivity contribution < 1.29 is 14.3 Å². The van der Waals surface area contributed by atoms with E-state index in [4.69, 9.17) is 9.47 Å². The summed E-state index contributed by atoms with van der Waals surface area (Å²) in [6, 6.07) is 8.00. The third-order valence-corrected chi connectivity index (χ3v) is 4.64. The third kappa shape index (κ3) is 4.50. The maximum atomic E-state index is 12.5. The minimum absolute atomic E-state index is 0.173. The molecule has 25 heavy (non-hydrogen) atoms. The molecule has 1 atom stereocenters. The Balaban J connectivity index is 1.70. The quantitative estimate of drug-likeness (QED) is 0.736. The summed E-state index contributed by atoms with van der Waals surface area (Å²) in [5.41, 5.74) is 2.72. The van der Waals surface area contributed by atoms with Crippen LogP contribution in [0.3, 0.4) is 0 Å². The summed E-state index contributed by atoms with van der Waals surface area (Å²) in [5, 5.41) is 0. The van der Waals surface area contributed by atoms with E-state index in [0.717, 1.165) is 27.7 Å². The fourth-order valence-electron chi connectivity index (χ4n) is 2.91. The van der Waals surface area contributed by atoms with Gasteiger partial charge in [-0.3, -0.25) is 9.89 Å². The van der Waals surface area contributed by atoms with E-state index in [9.17, 15) is 4.79 Å². The smallest absolute Gasteiger partial charge is 0.411 e. The fraction of sp³-hybridized carbons (Fsp3) is 0.474. The first-order valence-electron chi connectivity index (χ1n) is 8.42. The van der Waals surface area contributed by atoms with Crippen LogP contribution in [0.25, 0.3) is 5.57 Å². The third-order valence-electron chi connectivity index (χ3n) is 4.11. The van der Waals surface area contributed by atoms with Crippen LogP contribution in [-0.2, 0) is 9.47 Å². The molecule has 0 unspecified atom stereocenters. The number of halogens is 1. The molecule has 0 saturated carbocycles. The summed E-state index contributed by atoms with van der Waals surface area (Å²) < 4.78 is 12.2. The zero-order valence-corrected chi connectivity index (χ0v) is 16.4. The number of hydrogen-bond donors (Lipinski definition) is 0. The van der Waals surface area contributed by atoms with Crippen LogP contribution in [0, 0.1) is 0 Å². The van der Waals surface area contributed by atoms with E-state index in [1.807, 2.05) is 39.1 Å². The van der Waals surface area contributed by atoms with Gasteiger partial charge in [-0.15, -0.1) is 0 Å². The van der Waals surface area contributed by atoms with Gasteiger partial charge in [-0.1, -0.05) is 28.1 Å². The molecule has 5 nitrogen and oxygen atoms in total. The molecule has 0 aliphatic carbocycles. The molecule has 1 saturated heterocycles. The molecular formula is C19H23BrN2O3. The number of allylic oxidation sites excluding steroid dienone is 1. The van der Waals surface area contributed by atoms with E-state index in [1.54, 1.807) is 4.90 Å². The standard InChI is InChI=1S/C19H23BrN2O3/c1-19(2,3)25-18(23)22-8-9-24-12-17(22)16-10-14(11-21-16)13-4-6-15(20)7-5-13/h4-7,11,17H,8-10,12H2,1-3H3/t17-/m0/s1. The second-order valence-electron chi connectivity index (χ2n) is 7.22. The highest BCUT2D eigenvalue weighted by molar-refractivity contribution is 9.10. The van der Waals surface area contributed by atoms with E-state index in [-0.39, 0.29) is 12.1 Å². The maximum absolute atomic E-state index is 12.5. The molecule has 1 aromatic rings. The minimum Gasteiger partial charge on any atom is -0.444 e. The predicted octanol–water partition coefficient (Wildman–Crippen LogP) is 4.27. The number of carbonyl (C=O) groups excluding carboxylic acids is 1. The van der Waals surface area contributed by atoms with Crippen molar-refractivity contribution in [3.8, 4) is 0 Å². The number of nitrogens with zero attached hydrogens (tertiary/aromatic N) is 2. The molecule has 2 aliphatic rings. The molecule has 0 N–H and O–H groups in total. The molecule has 2 aliphatic heterocycles. The van der Waals surface area contributed by atoms with Crippen molar-refractivity contribution in [1.82, 2.24) is 4.90 Å². The van der Waals surface area contributed by atoms with Gasteiger partial charge in [-0.2, -0.15) is 0 Å². The van der Waals surface area contributed by atoms with Crippen molar-refractivity contribution in [2.75, 3.05) is 19.8 Å². The highest BCUT2D eigenvalue weighted by Crippen LogP contribution is 2.28. The van der Waals surface area contributed by atoms with Gasteiger partial charge in [0.2, 0.25) is 0 Å². The van der Waals surface area contributed by atoms with Gasteiger partial charge in [0.05, 0.1) is 19.3 Å². The van der Waals surface area contributed by atoms with E-state index < -0.39 is 5.60 Å². The van der Waals surface area contributed by atoms with Gasteiger partial charge in [0.25, 0.3) is 0 Å². The Morgan fingerprint density at radius 2 is 2.04 bits per heavy atom. The van der Waals surface area contributed by atoms with Crippen LogP contribution < -0.4 is 0 Å². The van der Waals surface area contributed by atoms with Crippen molar-refractivity contribution in [3.05, 3.63) is 40.5 Å². The summed E-state index contributed by atoms with van der Waals surface area (Å²) in [7, 11) is 0. The molecule has 3 rings (SSSR count). The summed E-state index contributed by atoms with van der Waals surface area (Å²) in [6.45, 7) is 7.13. The van der Waals surface area contributed by atoms with Crippen LogP contribution in [0.15, 0.2) is 39.9 Å². The monoisotopic (exact) mass is 406 g/mol. The molecule has 1 amide bonds. The van der Waals surface area contributed by atoms with Crippen molar-refractivity contribution >= 4 is 33.3 Å². The summed E-state index contributed by atoms with van der Waals surface area (Å²) >= 11 is 3.45. The molecule has 6 heteroatoms. The van der Waals surface area contributed by atoms with Crippen molar-refractivity contribution in [3.63, 3.8) is 0 Å². The average Bonchev–Trinajstić information content (AvgIpc) is 3.04. The number of morpholine rings is 1. The molecular weight excluding hydrogens is 384 g/mol. The lowest BCUT2D eigenvalue weighted by molar-refractivity contribution is -0.0180. The molecule has 2 heterocycles. The summed E-state index contributed by atoms with van der Waals surface area (Å²) in [6.07, 6.45) is 2.30. The zero-order chi connectivity index (χ0) is 18.0. The highest BCUT2D eigenvalue weighted by atomic mass is 79.9. The lowest BCUT2D eigenvalue weighted by atomic mass is 9.99. The molecule has 0 bridgehead atoms. The Morgan fingerprint density at radius 3 is 2.72 bits per heavy atom. The number of ether oxygens (including phenoxy) is 2. The van der Waals surface area contributed by atoms with Gasteiger partial charge in [0.1, 0.15) is 5.60 Å². The highest BCUT2D eigenvalue weighted by Gasteiger charge is 2.35. The van der Waals surface area contributed by atoms with Gasteiger partial charge in [-0.25, -0.2) is 4.79 Å². The van der Waals surface area contributed by atoms with Gasteiger partial charge < -0.3 is 9.47 Å². The normalized spacial score (nSPS) is 21.0. The van der Waals surface area contributed by atoms with Crippen molar-refractivity contribution in [1.29, 1.82) is 0 Å². The Bertz CT molecular complexity index is 704. The van der Waals surface area contributed by atoms with Crippen LogP contribution in [0.4, 0.5) is 4.79 Å². The first-order chi connectivity index (χ1) is 11.8. The van der Waals surface area contributed by atoms with Crippen LogP contribution in [0.1, 0.15) is 32.8 Å². The van der Waals surface area contributed by atoms with Crippen LogP contribution in [0.5, 0.6) is 0 Å². The molecule has 1 fully saturated rings. The SMILES string of the molecule is CC(C)(C)OC(=O)N1CCOC[C@H]1C1=NC=C(c2ccc(Br)cc2)C1. The van der Waals surface area contributed by atoms with Crippen molar-refractivity contribution in [2.24, 2.45) is 4.99 Å². The Labute approximate surface area is 156 Å². The lowest BCUT2D eigenvalue weighted by Gasteiger charge is -2.36. The predicted molar refractivity (Wildman–Crippen MR) is 102 cm³/mol. The topological polar surface area (TPSA) is 51.1 Å². The number of hydrogen-bond acceptors (Lipinski definition) is 4. The van der Waals surface area contributed by atoms with E-state index in [1.165, 1.54) is 0 Å². The number of amides is 1. The van der Waals surface area contributed by atoms with Crippen LogP contribution in [0.2, 0.25) is 0 Å². The zero-order valence-electron chi connectivity index (χ0n) is 14.8. The number of carbonyl (C=O) groups is 1. The van der Waals surface area contributed by atoms with E-state index in [2.05, 4.69) is 33.1 Å². The second-order valence-corrected chi connectivity index (χ2v) is 8.14. The fourth-order valence-corrected chi connectivity index (χ4v) is 3.17. The van der Waals surface area contributed by atoms with Gasteiger partial charge in [0, 0.05) is 29.3 Å². The lowest BCUT2D eigenvalue weighted by Crippen LogP contribution is -2.53. The Hall–Kier alpha value is -1.66. The molecule has 0 radical (unpaired) electrons. The van der Waals surface area contributed by atoms with Gasteiger partial charge in [0.15, 0.2) is 0 Å². The van der Waals surface area contributed by atoms with Gasteiger partial charge in [-0.05, 0) is 44.0 Å². The van der Waals surface area contributed by atoms with Crippen LogP contribution in [-0.4, -0.2) is 48.1 Å². The first kappa shape index (κ1) is 18.1. The Kier molecular flexibility index (Phi) is 5.29. The second kappa shape index (κ2) is 7.30. The molecule has 1 aromatic carbocycles. The largest absolute Gasteiger partial charge is 0.444 e. The number of aliphatic imine (C=N–C) groups is 1. The first-order valence-corrected chi connectivity index (χ1v) is 9.22. The molecule has 0 aromatic heterocycles. The molecule has 0 spiro atoms. The number of benzene rings is 1. The van der Waals surface area contributed by atoms with E-state index >= 15 is 0 Å². The number of rotatable bonds is 2. The minimum atomic E-state index is -0.516. The maximum Gasteiger partial charge on any atom is 0.411 e. The van der Waals surface area contributed by atoms with Crippen molar-refractivity contribution in [2.45, 2.75) is 38.8 Å². The Morgan fingerprint density at radius 1 is 1.32 bits per heavy atom. The van der Waals surface area contributed by atoms with E-state index in [0.29, 0.717) is 19.8 Å². The van der Waals surface area contributed by atoms with Crippen LogP contribution >= 0.6 is 15.9 Å². The average molecular weight is 407 g/mol. The van der Waals surface area contributed by atoms with Gasteiger partial charge >= 0.3 is 6.09 Å². The summed E-state index contributed by atoms with van der Waals surface area (Å²) in [4.78, 5) is 18.9.